The molecule has 4 rings (SSSR count). The predicted octanol–water partition coefficient (Wildman–Crippen LogP) is 1.63. The highest BCUT2D eigenvalue weighted by atomic mass is 19.1. The average Bonchev–Trinajstić information content (AvgIpc) is 3.25. The lowest BCUT2D eigenvalue weighted by atomic mass is 10.2. The van der Waals surface area contributed by atoms with E-state index in [1.54, 1.807) is 47.4 Å². The molecule has 24 heavy (non-hydrogen) atoms. The normalized spacial score (nSPS) is 11.0. The van der Waals surface area contributed by atoms with E-state index >= 15 is 0 Å². The van der Waals surface area contributed by atoms with Crippen molar-refractivity contribution in [3.8, 4) is 11.4 Å². The summed E-state index contributed by atoms with van der Waals surface area (Å²) in [5, 5.41) is 23.3. The fourth-order valence-corrected chi connectivity index (χ4v) is 2.34. The number of fused-ring (bicyclic) bond motifs is 1. The Kier molecular flexibility index (Phi) is 3.58. The van der Waals surface area contributed by atoms with Crippen LogP contribution in [0.2, 0.25) is 0 Å². The van der Waals surface area contributed by atoms with E-state index in [1.165, 1.54) is 10.6 Å². The summed E-state index contributed by atoms with van der Waals surface area (Å²) in [5.41, 5.74) is 0.910. The van der Waals surface area contributed by atoms with Crippen LogP contribution in [0.3, 0.4) is 0 Å². The van der Waals surface area contributed by atoms with Gasteiger partial charge in [0.05, 0.1) is 18.3 Å². The summed E-state index contributed by atoms with van der Waals surface area (Å²) in [6.45, 7) is 1.28. The first-order chi connectivity index (χ1) is 11.8. The standard InChI is InChI=1S/C15H13FN8/c16-12-4-2-1-3-11(12)15-20-19-14-6-5-13(21-24(14)15)17-7-9-23-10-8-18-22-23/h1-6,8,10H,7,9H2,(H,17,21). The lowest BCUT2D eigenvalue weighted by Crippen LogP contribution is -2.12. The van der Waals surface area contributed by atoms with Gasteiger partial charge in [-0.1, -0.05) is 17.3 Å². The third-order valence-electron chi connectivity index (χ3n) is 3.50. The zero-order chi connectivity index (χ0) is 16.4. The molecule has 0 aliphatic carbocycles. The minimum atomic E-state index is -0.363. The molecule has 0 saturated heterocycles. The number of benzene rings is 1. The number of anilines is 1. The predicted molar refractivity (Wildman–Crippen MR) is 84.7 cm³/mol. The molecule has 0 amide bonds. The van der Waals surface area contributed by atoms with Gasteiger partial charge in [0, 0.05) is 12.7 Å². The van der Waals surface area contributed by atoms with Gasteiger partial charge in [0.15, 0.2) is 11.5 Å². The monoisotopic (exact) mass is 324 g/mol. The van der Waals surface area contributed by atoms with Crippen LogP contribution in [-0.4, -0.2) is 41.4 Å². The van der Waals surface area contributed by atoms with Crippen molar-refractivity contribution in [3.63, 3.8) is 0 Å². The first-order valence-electron chi connectivity index (χ1n) is 7.36. The van der Waals surface area contributed by atoms with Crippen LogP contribution in [0.4, 0.5) is 10.2 Å². The van der Waals surface area contributed by atoms with Crippen LogP contribution >= 0.6 is 0 Å². The molecule has 0 spiro atoms. The number of nitrogens with one attached hydrogen (secondary N) is 1. The Morgan fingerprint density at radius 1 is 1.08 bits per heavy atom. The summed E-state index contributed by atoms with van der Waals surface area (Å²) in [5.74, 6) is 0.640. The number of rotatable bonds is 5. The van der Waals surface area contributed by atoms with Crippen molar-refractivity contribution in [2.45, 2.75) is 6.54 Å². The van der Waals surface area contributed by atoms with E-state index in [-0.39, 0.29) is 5.82 Å². The number of nitrogens with zero attached hydrogens (tertiary/aromatic N) is 7. The van der Waals surface area contributed by atoms with Crippen molar-refractivity contribution in [2.75, 3.05) is 11.9 Å². The number of hydrogen-bond acceptors (Lipinski definition) is 6. The molecule has 0 bridgehead atoms. The van der Waals surface area contributed by atoms with Gasteiger partial charge in [0.25, 0.3) is 0 Å². The van der Waals surface area contributed by atoms with E-state index in [9.17, 15) is 4.39 Å². The van der Waals surface area contributed by atoms with E-state index in [0.717, 1.165) is 0 Å². The number of halogens is 1. The van der Waals surface area contributed by atoms with Crippen LogP contribution in [0.25, 0.3) is 17.0 Å². The summed E-state index contributed by atoms with van der Waals surface area (Å²) in [6.07, 6.45) is 3.41. The summed E-state index contributed by atoms with van der Waals surface area (Å²) in [6, 6.07) is 10.00. The highest BCUT2D eigenvalue weighted by molar-refractivity contribution is 5.60. The molecule has 8 nitrogen and oxygen atoms in total. The van der Waals surface area contributed by atoms with Gasteiger partial charge < -0.3 is 5.32 Å². The number of aromatic nitrogens is 7. The van der Waals surface area contributed by atoms with Crippen molar-refractivity contribution in [2.24, 2.45) is 0 Å². The fourth-order valence-electron chi connectivity index (χ4n) is 2.34. The Hall–Kier alpha value is -3.36. The quantitative estimate of drug-likeness (QED) is 0.600. The van der Waals surface area contributed by atoms with Gasteiger partial charge in [-0.3, -0.25) is 4.68 Å². The maximum Gasteiger partial charge on any atom is 0.188 e. The molecule has 0 atom stereocenters. The van der Waals surface area contributed by atoms with E-state index in [2.05, 4.69) is 30.9 Å². The van der Waals surface area contributed by atoms with Crippen LogP contribution in [0.15, 0.2) is 48.8 Å². The highest BCUT2D eigenvalue weighted by Gasteiger charge is 2.13. The van der Waals surface area contributed by atoms with E-state index in [4.69, 9.17) is 0 Å². The van der Waals surface area contributed by atoms with Crippen LogP contribution in [0.1, 0.15) is 0 Å². The summed E-state index contributed by atoms with van der Waals surface area (Å²) < 4.78 is 17.2. The molecule has 9 heteroatoms. The van der Waals surface area contributed by atoms with Crippen molar-refractivity contribution >= 4 is 11.5 Å². The molecule has 1 N–H and O–H groups in total. The minimum absolute atomic E-state index is 0.359. The Balaban J connectivity index is 1.60. The molecule has 0 radical (unpaired) electrons. The molecule has 0 aliphatic heterocycles. The maximum atomic E-state index is 14.0. The summed E-state index contributed by atoms with van der Waals surface area (Å²) in [7, 11) is 0. The van der Waals surface area contributed by atoms with Crippen LogP contribution in [0.5, 0.6) is 0 Å². The smallest absolute Gasteiger partial charge is 0.188 e. The third kappa shape index (κ3) is 2.67. The largest absolute Gasteiger partial charge is 0.367 e. The SMILES string of the molecule is Fc1ccccc1-c1nnc2ccc(NCCn3ccnn3)nn12. The lowest BCUT2D eigenvalue weighted by molar-refractivity contribution is 0.607. The second-order valence-electron chi connectivity index (χ2n) is 5.08. The van der Waals surface area contributed by atoms with Gasteiger partial charge >= 0.3 is 0 Å². The van der Waals surface area contributed by atoms with Crippen molar-refractivity contribution in [3.05, 3.63) is 54.6 Å². The van der Waals surface area contributed by atoms with Crippen LogP contribution in [0, 0.1) is 5.82 Å². The Morgan fingerprint density at radius 3 is 2.83 bits per heavy atom. The molecule has 1 aromatic carbocycles. The molecule has 120 valence electrons. The Morgan fingerprint density at radius 2 is 2.00 bits per heavy atom. The van der Waals surface area contributed by atoms with Crippen LogP contribution < -0.4 is 5.32 Å². The van der Waals surface area contributed by atoms with E-state index < -0.39 is 0 Å². The highest BCUT2D eigenvalue weighted by Crippen LogP contribution is 2.21. The maximum absolute atomic E-state index is 14.0. The van der Waals surface area contributed by atoms with Gasteiger partial charge in [-0.05, 0) is 24.3 Å². The van der Waals surface area contributed by atoms with Crippen molar-refractivity contribution < 1.29 is 4.39 Å². The Labute approximate surface area is 136 Å². The van der Waals surface area contributed by atoms with Gasteiger partial charge in [-0.25, -0.2) is 4.39 Å². The number of hydrogen-bond donors (Lipinski definition) is 1. The molecular formula is C15H13FN8. The molecule has 0 saturated carbocycles. The average molecular weight is 324 g/mol. The van der Waals surface area contributed by atoms with Crippen LogP contribution in [-0.2, 0) is 6.54 Å². The summed E-state index contributed by atoms with van der Waals surface area (Å²) >= 11 is 0. The second-order valence-corrected chi connectivity index (χ2v) is 5.08. The van der Waals surface area contributed by atoms with Crippen molar-refractivity contribution in [1.29, 1.82) is 0 Å². The molecule has 0 aliphatic rings. The molecular weight excluding hydrogens is 311 g/mol. The summed E-state index contributed by atoms with van der Waals surface area (Å²) in [4.78, 5) is 0. The zero-order valence-electron chi connectivity index (χ0n) is 12.5. The first-order valence-corrected chi connectivity index (χ1v) is 7.36. The molecule has 3 heterocycles. The van der Waals surface area contributed by atoms with Crippen molar-refractivity contribution in [1.82, 2.24) is 34.8 Å². The molecule has 3 aromatic heterocycles. The van der Waals surface area contributed by atoms with Gasteiger partial charge in [0.1, 0.15) is 11.6 Å². The molecule has 0 fully saturated rings. The second kappa shape index (κ2) is 6.03. The first kappa shape index (κ1) is 14.2. The third-order valence-corrected chi connectivity index (χ3v) is 3.50. The Bertz CT molecular complexity index is 963. The van der Waals surface area contributed by atoms with E-state index in [0.29, 0.717) is 35.9 Å². The fraction of sp³-hybridized carbons (Fsp3) is 0.133. The molecule has 0 unspecified atom stereocenters. The van der Waals surface area contributed by atoms with Gasteiger partial charge in [-0.15, -0.1) is 20.4 Å². The molecule has 4 aromatic rings. The van der Waals surface area contributed by atoms with Gasteiger partial charge in [-0.2, -0.15) is 4.52 Å². The van der Waals surface area contributed by atoms with E-state index in [1.807, 2.05) is 0 Å². The van der Waals surface area contributed by atoms with Gasteiger partial charge in [0.2, 0.25) is 0 Å². The lowest BCUT2D eigenvalue weighted by Gasteiger charge is -2.06. The minimum Gasteiger partial charge on any atom is -0.367 e. The topological polar surface area (TPSA) is 85.8 Å². The zero-order valence-corrected chi connectivity index (χ0v) is 12.5.